The molecule has 30 heavy (non-hydrogen) atoms. The highest BCUT2D eigenvalue weighted by molar-refractivity contribution is 8.05. The second kappa shape index (κ2) is 9.81. The fourth-order valence-corrected chi connectivity index (χ4v) is 5.83. The lowest BCUT2D eigenvalue weighted by molar-refractivity contribution is -0.137. The largest absolute Gasteiger partial charge is 0.481 e. The molecule has 2 rings (SSSR count). The van der Waals surface area contributed by atoms with E-state index in [0.29, 0.717) is 12.0 Å². The summed E-state index contributed by atoms with van der Waals surface area (Å²) >= 11 is 0. The van der Waals surface area contributed by atoms with Crippen LogP contribution in [0.15, 0.2) is 48.6 Å². The number of hydrogen-bond donors (Lipinski definition) is 5. The van der Waals surface area contributed by atoms with E-state index in [1.54, 1.807) is 30.3 Å². The molecule has 0 radical (unpaired) electrons. The van der Waals surface area contributed by atoms with Crippen molar-refractivity contribution in [1.29, 1.82) is 0 Å². The summed E-state index contributed by atoms with van der Waals surface area (Å²) in [5, 5.41) is 7.91. The Morgan fingerprint density at radius 2 is 1.67 bits per heavy atom. The Hall–Kier alpha value is -2.09. The summed E-state index contributed by atoms with van der Waals surface area (Å²) in [6.07, 6.45) is 5.22. The van der Waals surface area contributed by atoms with Crippen LogP contribution in [0.2, 0.25) is 0 Å². The van der Waals surface area contributed by atoms with Gasteiger partial charge in [0.15, 0.2) is 0 Å². The smallest absolute Gasteiger partial charge is 0.303 e. The van der Waals surface area contributed by atoms with Crippen LogP contribution in [0.3, 0.4) is 0 Å². The third-order valence-corrected chi connectivity index (χ3v) is 8.15. The SMILES string of the molecule is CCCC(=O)O.NC1(N)C=CC(C=Cc2ccccc2)C(S(=O)(=O)O)(S(=O)(=O)O)C1. The van der Waals surface area contributed by atoms with Crippen molar-refractivity contribution in [3.8, 4) is 0 Å². The molecule has 0 aromatic heterocycles. The minimum absolute atomic E-state index is 0.292. The molecule has 0 fully saturated rings. The van der Waals surface area contributed by atoms with Crippen LogP contribution in [0, 0.1) is 5.92 Å². The summed E-state index contributed by atoms with van der Waals surface area (Å²) in [4.78, 5) is 9.60. The maximum atomic E-state index is 11.9. The van der Waals surface area contributed by atoms with E-state index < -0.39 is 48.3 Å². The maximum absolute atomic E-state index is 11.9. The van der Waals surface area contributed by atoms with Crippen LogP contribution in [0.4, 0.5) is 0 Å². The van der Waals surface area contributed by atoms with Crippen molar-refractivity contribution in [3.05, 3.63) is 54.1 Å². The normalized spacial score (nSPS) is 20.4. The molecule has 10 nitrogen and oxygen atoms in total. The molecule has 0 spiro atoms. The van der Waals surface area contributed by atoms with Gasteiger partial charge in [-0.05, 0) is 12.0 Å². The molecule has 0 saturated heterocycles. The molecule has 1 aliphatic rings. The number of hydrogen-bond acceptors (Lipinski definition) is 7. The molecule has 12 heteroatoms. The topological polar surface area (TPSA) is 198 Å². The lowest BCUT2D eigenvalue weighted by Gasteiger charge is -2.40. The number of carbonyl (C=O) groups is 1. The molecule has 0 bridgehead atoms. The molecule has 0 amide bonds. The Kier molecular flexibility index (Phi) is 8.49. The van der Waals surface area contributed by atoms with Gasteiger partial charge in [0.1, 0.15) is 0 Å². The van der Waals surface area contributed by atoms with Crippen LogP contribution < -0.4 is 11.5 Å². The molecule has 168 valence electrons. The molecule has 0 saturated carbocycles. The zero-order valence-corrected chi connectivity index (χ0v) is 17.9. The fourth-order valence-electron chi connectivity index (χ4n) is 2.90. The number of nitrogens with two attached hydrogens (primary N) is 2. The third-order valence-electron chi connectivity index (χ3n) is 4.31. The predicted octanol–water partition coefficient (Wildman–Crippen LogP) is 1.23. The van der Waals surface area contributed by atoms with Gasteiger partial charge in [0, 0.05) is 18.8 Å². The van der Waals surface area contributed by atoms with Gasteiger partial charge < -0.3 is 16.6 Å². The van der Waals surface area contributed by atoms with Crippen LogP contribution in [-0.4, -0.2) is 46.8 Å². The monoisotopic (exact) mass is 462 g/mol. The van der Waals surface area contributed by atoms with Gasteiger partial charge in [0.05, 0.1) is 5.66 Å². The first-order valence-corrected chi connectivity index (χ1v) is 11.7. The van der Waals surface area contributed by atoms with E-state index in [9.17, 15) is 30.7 Å². The average molecular weight is 463 g/mol. The Bertz CT molecular complexity index is 968. The minimum Gasteiger partial charge on any atom is -0.481 e. The molecular weight excluding hydrogens is 436 g/mol. The molecular formula is C18H26N2O8S2. The highest BCUT2D eigenvalue weighted by atomic mass is 32.3. The second-order valence-electron chi connectivity index (χ2n) is 6.85. The fraction of sp³-hybridized carbons (Fsp3) is 0.389. The molecule has 7 N–H and O–H groups in total. The summed E-state index contributed by atoms with van der Waals surface area (Å²) in [5.74, 6) is -2.10. The standard InChI is InChI=1S/C14H18N2O6S2.C4H8O2/c15-13(16)9-8-12(7-6-11-4-2-1-3-5-11)14(10-13,23(17,18)19)24(20,21)22;1-2-3-4(5)6/h1-9,12H,10,15-16H2,(H,17,18,19)(H,20,21,22);2-3H2,1H3,(H,5,6). The van der Waals surface area contributed by atoms with E-state index in [-0.39, 0.29) is 0 Å². The Morgan fingerprint density at radius 1 is 1.13 bits per heavy atom. The zero-order chi connectivity index (χ0) is 23.2. The zero-order valence-electron chi connectivity index (χ0n) is 16.2. The van der Waals surface area contributed by atoms with Crippen molar-refractivity contribution in [2.45, 2.75) is 35.9 Å². The van der Waals surface area contributed by atoms with Crippen molar-refractivity contribution in [1.82, 2.24) is 0 Å². The first-order valence-electron chi connectivity index (χ1n) is 8.82. The van der Waals surface area contributed by atoms with E-state index in [1.807, 2.05) is 6.92 Å². The van der Waals surface area contributed by atoms with Crippen LogP contribution in [0.5, 0.6) is 0 Å². The first kappa shape index (κ1) is 25.9. The van der Waals surface area contributed by atoms with Crippen LogP contribution in [0.25, 0.3) is 6.08 Å². The molecule has 1 unspecified atom stereocenters. The van der Waals surface area contributed by atoms with E-state index in [1.165, 1.54) is 18.2 Å². The van der Waals surface area contributed by atoms with Gasteiger partial charge in [-0.1, -0.05) is 61.6 Å². The number of benzene rings is 1. The van der Waals surface area contributed by atoms with E-state index in [0.717, 1.165) is 12.5 Å². The lowest BCUT2D eigenvalue weighted by atomic mass is 9.87. The predicted molar refractivity (Wildman–Crippen MR) is 112 cm³/mol. The summed E-state index contributed by atoms with van der Waals surface area (Å²) < 4.78 is 63.8. The maximum Gasteiger partial charge on any atom is 0.303 e. The molecule has 1 aromatic rings. The van der Waals surface area contributed by atoms with E-state index in [4.69, 9.17) is 16.6 Å². The average Bonchev–Trinajstić information content (AvgIpc) is 2.59. The van der Waals surface area contributed by atoms with Gasteiger partial charge in [-0.2, -0.15) is 16.8 Å². The van der Waals surface area contributed by atoms with E-state index >= 15 is 0 Å². The highest BCUT2D eigenvalue weighted by Gasteiger charge is 2.62. The van der Waals surface area contributed by atoms with Gasteiger partial charge in [0.25, 0.3) is 20.2 Å². The number of allylic oxidation sites excluding steroid dienone is 2. The molecule has 1 atom stereocenters. The molecule has 1 aromatic carbocycles. The van der Waals surface area contributed by atoms with Crippen molar-refractivity contribution in [3.63, 3.8) is 0 Å². The lowest BCUT2D eigenvalue weighted by Crippen LogP contribution is -2.63. The van der Waals surface area contributed by atoms with Crippen molar-refractivity contribution in [2.75, 3.05) is 0 Å². The van der Waals surface area contributed by atoms with Gasteiger partial charge in [0.2, 0.25) is 4.08 Å². The molecule has 0 heterocycles. The van der Waals surface area contributed by atoms with E-state index in [2.05, 4.69) is 0 Å². The van der Waals surface area contributed by atoms with Gasteiger partial charge in [-0.15, -0.1) is 0 Å². The summed E-state index contributed by atoms with van der Waals surface area (Å²) in [7, 11) is -10.5. The Labute approximate surface area is 175 Å². The Morgan fingerprint density at radius 3 is 2.07 bits per heavy atom. The van der Waals surface area contributed by atoms with Crippen molar-refractivity contribution < 1.29 is 35.8 Å². The first-order chi connectivity index (χ1) is 13.7. The van der Waals surface area contributed by atoms with Crippen molar-refractivity contribution >= 4 is 32.3 Å². The van der Waals surface area contributed by atoms with Gasteiger partial charge in [-0.25, -0.2) is 0 Å². The number of aliphatic carboxylic acids is 1. The number of rotatable bonds is 6. The van der Waals surface area contributed by atoms with Gasteiger partial charge in [-0.3, -0.25) is 13.9 Å². The minimum atomic E-state index is -5.27. The van der Waals surface area contributed by atoms with Crippen LogP contribution in [-0.2, 0) is 25.0 Å². The number of carboxylic acid groups (broad SMARTS) is 1. The third kappa shape index (κ3) is 6.45. The highest BCUT2D eigenvalue weighted by Crippen LogP contribution is 2.42. The van der Waals surface area contributed by atoms with Crippen LogP contribution in [0.1, 0.15) is 31.7 Å². The molecule has 0 aliphatic heterocycles. The molecule has 1 aliphatic carbocycles. The second-order valence-corrected chi connectivity index (χ2v) is 10.5. The van der Waals surface area contributed by atoms with Crippen LogP contribution >= 0.6 is 0 Å². The summed E-state index contributed by atoms with van der Waals surface area (Å²) in [5.41, 5.74) is 10.1. The summed E-state index contributed by atoms with van der Waals surface area (Å²) in [6, 6.07) is 8.67. The number of carboxylic acids is 1. The summed E-state index contributed by atoms with van der Waals surface area (Å²) in [6.45, 7) is 1.84. The quantitative estimate of drug-likeness (QED) is 0.233. The van der Waals surface area contributed by atoms with Crippen molar-refractivity contribution in [2.24, 2.45) is 17.4 Å². The Balaban J connectivity index is 0.000000656. The van der Waals surface area contributed by atoms with Gasteiger partial charge >= 0.3 is 5.97 Å².